The molecule has 0 spiro atoms. The summed E-state index contributed by atoms with van der Waals surface area (Å²) in [6.07, 6.45) is 0.345. The van der Waals surface area contributed by atoms with Crippen LogP contribution in [0, 0.1) is 6.92 Å². The molecule has 0 saturated carbocycles. The van der Waals surface area contributed by atoms with Crippen LogP contribution in [0.2, 0.25) is 5.02 Å². The van der Waals surface area contributed by atoms with Crippen LogP contribution in [0.3, 0.4) is 0 Å². The highest BCUT2D eigenvalue weighted by molar-refractivity contribution is 6.31. The molecule has 1 aromatic heterocycles. The van der Waals surface area contributed by atoms with Gasteiger partial charge in [-0.3, -0.25) is 9.48 Å². The Hall–Kier alpha value is -1.61. The Bertz CT molecular complexity index is 560. The lowest BCUT2D eigenvalue weighted by Gasteiger charge is -2.02. The summed E-state index contributed by atoms with van der Waals surface area (Å²) >= 11 is 5.86. The summed E-state index contributed by atoms with van der Waals surface area (Å²) < 4.78 is 1.73. The SMILES string of the molecule is Cc1cc(CC(=O)c2cccc(Cl)c2)n(C)n1. The van der Waals surface area contributed by atoms with Gasteiger partial charge < -0.3 is 0 Å². The number of hydrogen-bond acceptors (Lipinski definition) is 2. The minimum atomic E-state index is 0.0514. The number of rotatable bonds is 3. The van der Waals surface area contributed by atoms with E-state index in [1.165, 1.54) is 0 Å². The molecule has 0 saturated heterocycles. The second-order valence-corrected chi connectivity index (χ2v) is 4.45. The van der Waals surface area contributed by atoms with Crippen molar-refractivity contribution in [1.82, 2.24) is 9.78 Å². The Morgan fingerprint density at radius 2 is 2.18 bits per heavy atom. The molecule has 0 amide bonds. The van der Waals surface area contributed by atoms with E-state index < -0.39 is 0 Å². The summed E-state index contributed by atoms with van der Waals surface area (Å²) in [7, 11) is 1.84. The van der Waals surface area contributed by atoms with Gasteiger partial charge in [-0.1, -0.05) is 23.7 Å². The van der Waals surface area contributed by atoms with Crippen LogP contribution in [0.15, 0.2) is 30.3 Å². The molecule has 2 rings (SSSR count). The van der Waals surface area contributed by atoms with Crippen molar-refractivity contribution in [3.8, 4) is 0 Å². The Labute approximate surface area is 105 Å². The highest BCUT2D eigenvalue weighted by Crippen LogP contribution is 2.13. The zero-order valence-electron chi connectivity index (χ0n) is 9.77. The highest BCUT2D eigenvalue weighted by atomic mass is 35.5. The van der Waals surface area contributed by atoms with E-state index in [9.17, 15) is 4.79 Å². The number of carbonyl (C=O) groups excluding carboxylic acids is 1. The zero-order valence-corrected chi connectivity index (χ0v) is 10.5. The standard InChI is InChI=1S/C13H13ClN2O/c1-9-6-12(16(2)15-9)8-13(17)10-4-3-5-11(14)7-10/h3-7H,8H2,1-2H3. The summed E-state index contributed by atoms with van der Waals surface area (Å²) in [6.45, 7) is 1.91. The molecule has 0 atom stereocenters. The summed E-state index contributed by atoms with van der Waals surface area (Å²) in [5.41, 5.74) is 2.46. The fourth-order valence-corrected chi connectivity index (χ4v) is 1.95. The zero-order chi connectivity index (χ0) is 12.4. The average Bonchev–Trinajstić information content (AvgIpc) is 2.57. The van der Waals surface area contributed by atoms with Gasteiger partial charge in [0, 0.05) is 23.3 Å². The summed E-state index contributed by atoms with van der Waals surface area (Å²) in [5.74, 6) is 0.0514. The Kier molecular flexibility index (Phi) is 3.29. The largest absolute Gasteiger partial charge is 0.294 e. The van der Waals surface area contributed by atoms with Crippen LogP contribution < -0.4 is 0 Å². The smallest absolute Gasteiger partial charge is 0.168 e. The summed E-state index contributed by atoms with van der Waals surface area (Å²) in [6, 6.07) is 8.92. The van der Waals surface area contributed by atoms with Gasteiger partial charge in [-0.25, -0.2) is 0 Å². The van der Waals surface area contributed by atoms with E-state index in [-0.39, 0.29) is 5.78 Å². The highest BCUT2D eigenvalue weighted by Gasteiger charge is 2.10. The van der Waals surface area contributed by atoms with Crippen LogP contribution in [-0.2, 0) is 13.5 Å². The van der Waals surface area contributed by atoms with Gasteiger partial charge in [0.05, 0.1) is 12.1 Å². The Balaban J connectivity index is 2.20. The van der Waals surface area contributed by atoms with Crippen LogP contribution >= 0.6 is 11.6 Å². The van der Waals surface area contributed by atoms with Crippen molar-refractivity contribution < 1.29 is 4.79 Å². The van der Waals surface area contributed by atoms with E-state index in [2.05, 4.69) is 5.10 Å². The maximum atomic E-state index is 12.0. The van der Waals surface area contributed by atoms with Gasteiger partial charge in [0.15, 0.2) is 5.78 Å². The maximum Gasteiger partial charge on any atom is 0.168 e. The van der Waals surface area contributed by atoms with Gasteiger partial charge >= 0.3 is 0 Å². The van der Waals surface area contributed by atoms with Gasteiger partial charge in [0.1, 0.15) is 0 Å². The summed E-state index contributed by atoms with van der Waals surface area (Å²) in [4.78, 5) is 12.0. The van der Waals surface area contributed by atoms with Crippen molar-refractivity contribution >= 4 is 17.4 Å². The lowest BCUT2D eigenvalue weighted by molar-refractivity contribution is 0.0991. The van der Waals surface area contributed by atoms with Crippen LogP contribution in [0.5, 0.6) is 0 Å². The second kappa shape index (κ2) is 4.72. The average molecular weight is 249 g/mol. The topological polar surface area (TPSA) is 34.9 Å². The number of carbonyl (C=O) groups is 1. The first-order valence-electron chi connectivity index (χ1n) is 5.34. The molecule has 0 unspecified atom stereocenters. The number of halogens is 1. The third kappa shape index (κ3) is 2.74. The molecule has 0 aliphatic heterocycles. The third-order valence-corrected chi connectivity index (χ3v) is 2.82. The van der Waals surface area contributed by atoms with Crippen LogP contribution in [0.4, 0.5) is 0 Å². The first-order chi connectivity index (χ1) is 8.06. The number of aryl methyl sites for hydroxylation is 2. The van der Waals surface area contributed by atoms with Crippen LogP contribution in [0.1, 0.15) is 21.7 Å². The van der Waals surface area contributed by atoms with Crippen LogP contribution in [-0.4, -0.2) is 15.6 Å². The molecule has 1 heterocycles. The van der Waals surface area contributed by atoms with E-state index in [1.807, 2.05) is 20.0 Å². The fraction of sp³-hybridized carbons (Fsp3) is 0.231. The number of nitrogens with zero attached hydrogens (tertiary/aromatic N) is 2. The number of benzene rings is 1. The molecular weight excluding hydrogens is 236 g/mol. The van der Waals surface area contributed by atoms with Crippen molar-refractivity contribution in [2.24, 2.45) is 7.05 Å². The first kappa shape index (κ1) is 11.9. The molecule has 2 aromatic rings. The second-order valence-electron chi connectivity index (χ2n) is 4.01. The quantitative estimate of drug-likeness (QED) is 0.783. The molecule has 4 heteroatoms. The number of hydrogen-bond donors (Lipinski definition) is 0. The van der Waals surface area contributed by atoms with Crippen molar-refractivity contribution in [3.63, 3.8) is 0 Å². The Morgan fingerprint density at radius 1 is 1.41 bits per heavy atom. The monoisotopic (exact) mass is 248 g/mol. The number of aromatic nitrogens is 2. The van der Waals surface area contributed by atoms with E-state index in [1.54, 1.807) is 28.9 Å². The molecule has 0 radical (unpaired) electrons. The molecule has 1 aromatic carbocycles. The van der Waals surface area contributed by atoms with Gasteiger partial charge in [0.2, 0.25) is 0 Å². The fourth-order valence-electron chi connectivity index (χ4n) is 1.76. The van der Waals surface area contributed by atoms with Gasteiger partial charge in [-0.2, -0.15) is 5.10 Å². The predicted octanol–water partition coefficient (Wildman–Crippen LogP) is 2.81. The lowest BCUT2D eigenvalue weighted by Crippen LogP contribution is -2.07. The molecular formula is C13H13ClN2O. The molecule has 0 N–H and O–H groups in total. The molecule has 3 nitrogen and oxygen atoms in total. The maximum absolute atomic E-state index is 12.0. The van der Waals surface area contributed by atoms with Crippen molar-refractivity contribution in [3.05, 3.63) is 52.3 Å². The van der Waals surface area contributed by atoms with Crippen molar-refractivity contribution in [2.75, 3.05) is 0 Å². The normalized spacial score (nSPS) is 10.5. The molecule has 0 fully saturated rings. The van der Waals surface area contributed by atoms with Crippen LogP contribution in [0.25, 0.3) is 0 Å². The minimum Gasteiger partial charge on any atom is -0.294 e. The molecule has 88 valence electrons. The summed E-state index contributed by atoms with van der Waals surface area (Å²) in [5, 5.41) is 4.79. The predicted molar refractivity (Wildman–Crippen MR) is 67.4 cm³/mol. The molecule has 0 aliphatic carbocycles. The van der Waals surface area contributed by atoms with Gasteiger partial charge in [-0.15, -0.1) is 0 Å². The van der Waals surface area contributed by atoms with E-state index in [0.717, 1.165) is 11.4 Å². The molecule has 0 aliphatic rings. The molecule has 17 heavy (non-hydrogen) atoms. The minimum absolute atomic E-state index is 0.0514. The lowest BCUT2D eigenvalue weighted by atomic mass is 10.1. The number of ketones is 1. The number of Topliss-reactive ketones (excluding diaryl/α,β-unsaturated/α-hetero) is 1. The molecule has 0 bridgehead atoms. The first-order valence-corrected chi connectivity index (χ1v) is 5.72. The van der Waals surface area contributed by atoms with Crippen molar-refractivity contribution in [2.45, 2.75) is 13.3 Å². The van der Waals surface area contributed by atoms with E-state index in [4.69, 9.17) is 11.6 Å². The van der Waals surface area contributed by atoms with E-state index in [0.29, 0.717) is 17.0 Å². The van der Waals surface area contributed by atoms with Crippen molar-refractivity contribution in [1.29, 1.82) is 0 Å². The van der Waals surface area contributed by atoms with Gasteiger partial charge in [-0.05, 0) is 25.1 Å². The Morgan fingerprint density at radius 3 is 2.76 bits per heavy atom. The van der Waals surface area contributed by atoms with E-state index >= 15 is 0 Å². The van der Waals surface area contributed by atoms with Gasteiger partial charge in [0.25, 0.3) is 0 Å². The third-order valence-electron chi connectivity index (χ3n) is 2.59.